The van der Waals surface area contributed by atoms with E-state index in [0.29, 0.717) is 6.61 Å². The summed E-state index contributed by atoms with van der Waals surface area (Å²) in [5, 5.41) is 0. The minimum Gasteiger partial charge on any atom is -0.303 e. The summed E-state index contributed by atoms with van der Waals surface area (Å²) in [6.45, 7) is 8.11. The number of hydrogen-bond acceptors (Lipinski definition) is 3. The lowest BCUT2D eigenvalue weighted by Crippen LogP contribution is -2.24. The average molecular weight is 160 g/mol. The van der Waals surface area contributed by atoms with Gasteiger partial charge in [0.05, 0.1) is 6.61 Å². The van der Waals surface area contributed by atoms with Gasteiger partial charge in [-0.15, -0.1) is 0 Å². The van der Waals surface area contributed by atoms with Crippen molar-refractivity contribution in [3.05, 3.63) is 0 Å². The topological polar surface area (TPSA) is 38.5 Å². The molecule has 0 radical (unpaired) electrons. The number of nitrogens with two attached hydrogens (primary N) is 1. The highest BCUT2D eigenvalue weighted by molar-refractivity contribution is 4.64. The third kappa shape index (κ3) is 5.18. The Morgan fingerprint density at radius 2 is 1.82 bits per heavy atom. The van der Waals surface area contributed by atoms with Crippen LogP contribution in [0.1, 0.15) is 26.7 Å². The van der Waals surface area contributed by atoms with Crippen molar-refractivity contribution in [2.45, 2.75) is 26.7 Å². The van der Waals surface area contributed by atoms with Crippen LogP contribution >= 0.6 is 0 Å². The van der Waals surface area contributed by atoms with Crippen molar-refractivity contribution in [2.24, 2.45) is 5.90 Å². The molecule has 0 bridgehead atoms. The SMILES string of the molecule is CC.NOCCN1CCCC1. The van der Waals surface area contributed by atoms with Crippen molar-refractivity contribution in [1.29, 1.82) is 0 Å². The van der Waals surface area contributed by atoms with Gasteiger partial charge >= 0.3 is 0 Å². The van der Waals surface area contributed by atoms with Crippen molar-refractivity contribution >= 4 is 0 Å². The first-order valence-corrected chi connectivity index (χ1v) is 4.47. The van der Waals surface area contributed by atoms with Crippen molar-refractivity contribution in [3.63, 3.8) is 0 Å². The lowest BCUT2D eigenvalue weighted by molar-refractivity contribution is 0.113. The molecule has 68 valence electrons. The zero-order chi connectivity index (χ0) is 8.53. The number of hydrogen-bond donors (Lipinski definition) is 1. The molecular formula is C8H20N2O. The van der Waals surface area contributed by atoms with E-state index in [4.69, 9.17) is 5.90 Å². The molecular weight excluding hydrogens is 140 g/mol. The first-order chi connectivity index (χ1) is 5.43. The molecule has 1 rings (SSSR count). The molecule has 11 heavy (non-hydrogen) atoms. The normalized spacial score (nSPS) is 17.7. The van der Waals surface area contributed by atoms with Crippen LogP contribution in [0.5, 0.6) is 0 Å². The highest BCUT2D eigenvalue weighted by atomic mass is 16.6. The molecule has 0 atom stereocenters. The fraction of sp³-hybridized carbons (Fsp3) is 1.00. The minimum absolute atomic E-state index is 0.667. The molecule has 1 heterocycles. The fourth-order valence-electron chi connectivity index (χ4n) is 1.19. The molecule has 0 aromatic carbocycles. The van der Waals surface area contributed by atoms with Crippen molar-refractivity contribution in [3.8, 4) is 0 Å². The van der Waals surface area contributed by atoms with Crippen molar-refractivity contribution < 1.29 is 4.84 Å². The van der Waals surface area contributed by atoms with Crippen LogP contribution < -0.4 is 5.90 Å². The monoisotopic (exact) mass is 160 g/mol. The van der Waals surface area contributed by atoms with Crippen LogP contribution in [0.25, 0.3) is 0 Å². The maximum Gasteiger partial charge on any atom is 0.0806 e. The Balaban J connectivity index is 0.000000461. The van der Waals surface area contributed by atoms with Gasteiger partial charge in [0.1, 0.15) is 0 Å². The Kier molecular flexibility index (Phi) is 7.89. The molecule has 0 spiro atoms. The Morgan fingerprint density at radius 3 is 2.27 bits per heavy atom. The summed E-state index contributed by atoms with van der Waals surface area (Å²) < 4.78 is 0. The van der Waals surface area contributed by atoms with Gasteiger partial charge in [0.25, 0.3) is 0 Å². The highest BCUT2D eigenvalue weighted by Crippen LogP contribution is 2.05. The number of rotatable bonds is 3. The zero-order valence-corrected chi connectivity index (χ0v) is 7.68. The van der Waals surface area contributed by atoms with E-state index in [1.54, 1.807) is 0 Å². The lowest BCUT2D eigenvalue weighted by atomic mass is 10.4. The van der Waals surface area contributed by atoms with E-state index in [0.717, 1.165) is 6.54 Å². The van der Waals surface area contributed by atoms with E-state index in [2.05, 4.69) is 9.74 Å². The van der Waals surface area contributed by atoms with Gasteiger partial charge in [0.2, 0.25) is 0 Å². The van der Waals surface area contributed by atoms with Gasteiger partial charge in [-0.3, -0.25) is 0 Å². The first kappa shape index (κ1) is 10.9. The third-order valence-electron chi connectivity index (χ3n) is 1.72. The van der Waals surface area contributed by atoms with Gasteiger partial charge in [-0.05, 0) is 25.9 Å². The molecule has 3 nitrogen and oxygen atoms in total. The smallest absolute Gasteiger partial charge is 0.0806 e. The summed E-state index contributed by atoms with van der Waals surface area (Å²) >= 11 is 0. The second-order valence-corrected chi connectivity index (χ2v) is 2.42. The fourth-order valence-corrected chi connectivity index (χ4v) is 1.19. The Morgan fingerprint density at radius 1 is 1.27 bits per heavy atom. The van der Waals surface area contributed by atoms with Crippen molar-refractivity contribution in [2.75, 3.05) is 26.2 Å². The Hall–Kier alpha value is -0.120. The molecule has 2 N–H and O–H groups in total. The third-order valence-corrected chi connectivity index (χ3v) is 1.72. The zero-order valence-electron chi connectivity index (χ0n) is 7.68. The molecule has 3 heteroatoms. The Bertz CT molecular complexity index is 72.5. The molecule has 0 aromatic heterocycles. The molecule has 1 aliphatic heterocycles. The second-order valence-electron chi connectivity index (χ2n) is 2.42. The van der Waals surface area contributed by atoms with Gasteiger partial charge in [-0.25, -0.2) is 5.90 Å². The lowest BCUT2D eigenvalue weighted by Gasteiger charge is -2.11. The van der Waals surface area contributed by atoms with Crippen LogP contribution in [0.15, 0.2) is 0 Å². The van der Waals surface area contributed by atoms with E-state index < -0.39 is 0 Å². The molecule has 0 aromatic rings. The summed E-state index contributed by atoms with van der Waals surface area (Å²) in [4.78, 5) is 6.83. The van der Waals surface area contributed by atoms with Crippen LogP contribution in [-0.2, 0) is 4.84 Å². The molecule has 1 saturated heterocycles. The summed E-state index contributed by atoms with van der Waals surface area (Å²) in [7, 11) is 0. The quantitative estimate of drug-likeness (QED) is 0.626. The van der Waals surface area contributed by atoms with Gasteiger partial charge < -0.3 is 9.74 Å². The number of nitrogens with zero attached hydrogens (tertiary/aromatic N) is 1. The van der Waals surface area contributed by atoms with E-state index >= 15 is 0 Å². The van der Waals surface area contributed by atoms with Crippen LogP contribution in [0.4, 0.5) is 0 Å². The van der Waals surface area contributed by atoms with E-state index in [1.165, 1.54) is 25.9 Å². The first-order valence-electron chi connectivity index (χ1n) is 4.47. The highest BCUT2D eigenvalue weighted by Gasteiger charge is 2.09. The largest absolute Gasteiger partial charge is 0.303 e. The Labute approximate surface area is 69.5 Å². The number of likely N-dealkylation sites (tertiary alicyclic amines) is 1. The molecule has 1 aliphatic rings. The second kappa shape index (κ2) is 7.98. The van der Waals surface area contributed by atoms with Crippen LogP contribution in [0, 0.1) is 0 Å². The summed E-state index contributed by atoms with van der Waals surface area (Å²) in [5.74, 6) is 4.88. The van der Waals surface area contributed by atoms with Gasteiger partial charge in [0.15, 0.2) is 0 Å². The summed E-state index contributed by atoms with van der Waals surface area (Å²) in [6, 6.07) is 0. The predicted octanol–water partition coefficient (Wildman–Crippen LogP) is 0.999. The molecule has 1 fully saturated rings. The van der Waals surface area contributed by atoms with Crippen LogP contribution in [0.3, 0.4) is 0 Å². The van der Waals surface area contributed by atoms with Gasteiger partial charge in [-0.2, -0.15) is 0 Å². The van der Waals surface area contributed by atoms with E-state index in [-0.39, 0.29) is 0 Å². The average Bonchev–Trinajstić information content (AvgIpc) is 2.57. The summed E-state index contributed by atoms with van der Waals surface area (Å²) in [6.07, 6.45) is 2.68. The molecule has 0 aliphatic carbocycles. The van der Waals surface area contributed by atoms with E-state index in [1.807, 2.05) is 13.8 Å². The minimum atomic E-state index is 0.667. The van der Waals surface area contributed by atoms with Gasteiger partial charge in [-0.1, -0.05) is 13.8 Å². The van der Waals surface area contributed by atoms with Gasteiger partial charge in [0, 0.05) is 6.54 Å². The molecule has 0 saturated carbocycles. The maximum absolute atomic E-state index is 4.88. The maximum atomic E-state index is 4.88. The van der Waals surface area contributed by atoms with Crippen molar-refractivity contribution in [1.82, 2.24) is 4.90 Å². The van der Waals surface area contributed by atoms with E-state index in [9.17, 15) is 0 Å². The molecule has 0 amide bonds. The van der Waals surface area contributed by atoms with Crippen LogP contribution in [-0.4, -0.2) is 31.1 Å². The van der Waals surface area contributed by atoms with Crippen LogP contribution in [0.2, 0.25) is 0 Å². The standard InChI is InChI=1S/C6H14N2O.C2H6/c7-9-6-5-8-3-1-2-4-8;1-2/h1-7H2;1-2H3. The predicted molar refractivity (Wildman–Crippen MR) is 47.2 cm³/mol. The molecule has 0 unspecified atom stereocenters. The summed E-state index contributed by atoms with van der Waals surface area (Å²) in [5.41, 5.74) is 0.